The molecular weight excluding hydrogens is 474 g/mol. The van der Waals surface area contributed by atoms with E-state index in [4.69, 9.17) is 20.8 Å². The number of hydrogen-bond donors (Lipinski definition) is 0. The van der Waals surface area contributed by atoms with Gasteiger partial charge in [0, 0.05) is 25.2 Å². The fourth-order valence-electron chi connectivity index (χ4n) is 3.50. The Balaban J connectivity index is 1.60. The predicted molar refractivity (Wildman–Crippen MR) is 133 cm³/mol. The SMILES string of the molecule is COCCN(Cc1ccccc1)C(=O)CSc1nc2cc(Cl)ccc2c(=O)n1Cc1ccco1. The normalized spacial score (nSPS) is 11.1. The topological polar surface area (TPSA) is 77.6 Å². The quantitative estimate of drug-likeness (QED) is 0.238. The number of rotatable bonds is 10. The molecule has 2 aromatic heterocycles. The van der Waals surface area contributed by atoms with Crippen LogP contribution in [0.5, 0.6) is 0 Å². The lowest BCUT2D eigenvalue weighted by molar-refractivity contribution is -0.129. The van der Waals surface area contributed by atoms with Crippen molar-refractivity contribution in [2.45, 2.75) is 18.2 Å². The Morgan fingerprint density at radius 3 is 2.74 bits per heavy atom. The Labute approximate surface area is 206 Å². The third-order valence-electron chi connectivity index (χ3n) is 5.24. The Morgan fingerprint density at radius 1 is 1.18 bits per heavy atom. The number of methoxy groups -OCH3 is 1. The number of furan rings is 1. The number of carbonyl (C=O) groups is 1. The van der Waals surface area contributed by atoms with Gasteiger partial charge in [0.15, 0.2) is 5.16 Å². The first kappa shape index (κ1) is 24.1. The van der Waals surface area contributed by atoms with Crippen molar-refractivity contribution in [2.75, 3.05) is 26.0 Å². The van der Waals surface area contributed by atoms with E-state index in [1.807, 2.05) is 30.3 Å². The number of ether oxygens (including phenoxy) is 1. The van der Waals surface area contributed by atoms with Gasteiger partial charge in [-0.15, -0.1) is 0 Å². The standard InChI is InChI=1S/C25H24ClN3O4S/c1-32-13-11-28(15-18-6-3-2-4-7-18)23(30)17-34-25-27-22-14-19(26)9-10-21(22)24(31)29(25)16-20-8-5-12-33-20/h2-10,12,14H,11,13,15-17H2,1H3. The zero-order valence-corrected chi connectivity index (χ0v) is 20.2. The highest BCUT2D eigenvalue weighted by Crippen LogP contribution is 2.22. The summed E-state index contributed by atoms with van der Waals surface area (Å²) in [5.74, 6) is 0.666. The molecule has 0 aliphatic rings. The number of fused-ring (bicyclic) bond motifs is 1. The predicted octanol–water partition coefficient (Wildman–Crippen LogP) is 4.46. The van der Waals surface area contributed by atoms with E-state index in [9.17, 15) is 9.59 Å². The average Bonchev–Trinajstić information content (AvgIpc) is 3.36. The van der Waals surface area contributed by atoms with Gasteiger partial charge >= 0.3 is 0 Å². The summed E-state index contributed by atoms with van der Waals surface area (Å²) in [5, 5.41) is 1.37. The zero-order chi connectivity index (χ0) is 23.9. The molecule has 0 bridgehead atoms. The van der Waals surface area contributed by atoms with Crippen molar-refractivity contribution in [1.29, 1.82) is 0 Å². The Kier molecular flexibility index (Phi) is 8.05. The van der Waals surface area contributed by atoms with Crippen LogP contribution < -0.4 is 5.56 Å². The largest absolute Gasteiger partial charge is 0.467 e. The second-order valence-electron chi connectivity index (χ2n) is 7.61. The number of hydrogen-bond acceptors (Lipinski definition) is 6. The molecule has 0 saturated heterocycles. The molecule has 0 saturated carbocycles. The number of nitrogens with zero attached hydrogens (tertiary/aromatic N) is 3. The first-order valence-corrected chi connectivity index (χ1v) is 12.1. The van der Waals surface area contributed by atoms with Gasteiger partial charge in [-0.3, -0.25) is 14.2 Å². The van der Waals surface area contributed by atoms with E-state index in [2.05, 4.69) is 4.98 Å². The molecule has 0 atom stereocenters. The van der Waals surface area contributed by atoms with Crippen LogP contribution in [0.2, 0.25) is 5.02 Å². The molecule has 176 valence electrons. The second-order valence-corrected chi connectivity index (χ2v) is 8.99. The van der Waals surface area contributed by atoms with Crippen LogP contribution in [0.1, 0.15) is 11.3 Å². The summed E-state index contributed by atoms with van der Waals surface area (Å²) in [4.78, 5) is 32.8. The summed E-state index contributed by atoms with van der Waals surface area (Å²) in [7, 11) is 1.61. The molecule has 0 aliphatic heterocycles. The highest BCUT2D eigenvalue weighted by molar-refractivity contribution is 7.99. The van der Waals surface area contributed by atoms with Crippen LogP contribution in [0.3, 0.4) is 0 Å². The molecule has 9 heteroatoms. The monoisotopic (exact) mass is 497 g/mol. The van der Waals surface area contributed by atoms with Crippen LogP contribution in [0.25, 0.3) is 10.9 Å². The van der Waals surface area contributed by atoms with Crippen molar-refractivity contribution in [3.8, 4) is 0 Å². The van der Waals surface area contributed by atoms with E-state index in [0.29, 0.717) is 46.5 Å². The van der Waals surface area contributed by atoms with Crippen LogP contribution in [0.15, 0.2) is 81.3 Å². The first-order valence-electron chi connectivity index (χ1n) is 10.7. The van der Waals surface area contributed by atoms with Gasteiger partial charge in [0.25, 0.3) is 5.56 Å². The van der Waals surface area contributed by atoms with Gasteiger partial charge in [0.1, 0.15) is 5.76 Å². The van der Waals surface area contributed by atoms with E-state index in [1.165, 1.54) is 16.3 Å². The Hall–Kier alpha value is -3.07. The number of benzene rings is 2. The van der Waals surface area contributed by atoms with Crippen LogP contribution in [0.4, 0.5) is 0 Å². The van der Waals surface area contributed by atoms with Gasteiger partial charge in [-0.25, -0.2) is 4.98 Å². The molecule has 2 heterocycles. The van der Waals surface area contributed by atoms with Crippen molar-refractivity contribution >= 4 is 40.2 Å². The molecule has 7 nitrogen and oxygen atoms in total. The highest BCUT2D eigenvalue weighted by atomic mass is 35.5. The maximum Gasteiger partial charge on any atom is 0.262 e. The lowest BCUT2D eigenvalue weighted by Gasteiger charge is -2.22. The Bertz CT molecular complexity index is 1310. The van der Waals surface area contributed by atoms with E-state index in [1.54, 1.807) is 48.6 Å². The van der Waals surface area contributed by atoms with E-state index >= 15 is 0 Å². The van der Waals surface area contributed by atoms with Crippen LogP contribution >= 0.6 is 23.4 Å². The zero-order valence-electron chi connectivity index (χ0n) is 18.6. The molecule has 0 fully saturated rings. The lowest BCUT2D eigenvalue weighted by Crippen LogP contribution is -2.35. The van der Waals surface area contributed by atoms with Crippen molar-refractivity contribution < 1.29 is 13.9 Å². The maximum atomic E-state index is 13.3. The van der Waals surface area contributed by atoms with Gasteiger partial charge in [-0.05, 0) is 35.9 Å². The molecule has 1 amide bonds. The molecule has 0 radical (unpaired) electrons. The number of halogens is 1. The summed E-state index contributed by atoms with van der Waals surface area (Å²) >= 11 is 7.35. The third kappa shape index (κ3) is 5.88. The van der Waals surface area contributed by atoms with Crippen molar-refractivity contribution in [3.63, 3.8) is 0 Å². The van der Waals surface area contributed by atoms with Crippen LogP contribution in [-0.2, 0) is 22.6 Å². The molecule has 4 aromatic rings. The lowest BCUT2D eigenvalue weighted by atomic mass is 10.2. The van der Waals surface area contributed by atoms with Gasteiger partial charge in [0.2, 0.25) is 5.91 Å². The molecule has 0 spiro atoms. The minimum atomic E-state index is -0.214. The summed E-state index contributed by atoms with van der Waals surface area (Å²) in [5.41, 5.74) is 1.31. The minimum Gasteiger partial charge on any atom is -0.467 e. The smallest absolute Gasteiger partial charge is 0.262 e. The minimum absolute atomic E-state index is 0.0732. The summed E-state index contributed by atoms with van der Waals surface area (Å²) < 4.78 is 12.2. The molecule has 0 N–H and O–H groups in total. The number of aromatic nitrogens is 2. The van der Waals surface area contributed by atoms with Crippen molar-refractivity contribution in [2.24, 2.45) is 0 Å². The summed E-state index contributed by atoms with van der Waals surface area (Å²) in [6, 6.07) is 18.3. The van der Waals surface area contributed by atoms with E-state index < -0.39 is 0 Å². The maximum absolute atomic E-state index is 13.3. The van der Waals surface area contributed by atoms with E-state index in [0.717, 1.165) is 5.56 Å². The molecule has 34 heavy (non-hydrogen) atoms. The summed E-state index contributed by atoms with van der Waals surface area (Å²) in [6.45, 7) is 1.58. The number of amides is 1. The van der Waals surface area contributed by atoms with Gasteiger partial charge in [-0.1, -0.05) is 53.7 Å². The molecule has 0 aliphatic carbocycles. The van der Waals surface area contributed by atoms with Crippen LogP contribution in [0, 0.1) is 0 Å². The molecule has 2 aromatic carbocycles. The van der Waals surface area contributed by atoms with Crippen LogP contribution in [-0.4, -0.2) is 46.4 Å². The Morgan fingerprint density at radius 2 is 2.00 bits per heavy atom. The fraction of sp³-hybridized carbons (Fsp3) is 0.240. The molecular formula is C25H24ClN3O4S. The van der Waals surface area contributed by atoms with Crippen molar-refractivity contribution in [3.05, 3.63) is 93.6 Å². The van der Waals surface area contributed by atoms with Gasteiger partial charge in [0.05, 0.1) is 36.1 Å². The average molecular weight is 498 g/mol. The second kappa shape index (κ2) is 11.4. The number of thioether (sulfide) groups is 1. The summed E-state index contributed by atoms with van der Waals surface area (Å²) in [6.07, 6.45) is 1.56. The number of carbonyl (C=O) groups excluding carboxylic acids is 1. The molecule has 0 unspecified atom stereocenters. The van der Waals surface area contributed by atoms with Gasteiger partial charge in [-0.2, -0.15) is 0 Å². The highest BCUT2D eigenvalue weighted by Gasteiger charge is 2.18. The van der Waals surface area contributed by atoms with Crippen molar-refractivity contribution in [1.82, 2.24) is 14.5 Å². The third-order valence-corrected chi connectivity index (χ3v) is 6.43. The molecule has 4 rings (SSSR count). The van der Waals surface area contributed by atoms with E-state index in [-0.39, 0.29) is 23.8 Å². The van der Waals surface area contributed by atoms with Gasteiger partial charge < -0.3 is 14.1 Å². The first-order chi connectivity index (χ1) is 16.5. The fourth-order valence-corrected chi connectivity index (χ4v) is 4.56.